The van der Waals surface area contributed by atoms with Gasteiger partial charge in [-0.05, 0) is 74.5 Å². The highest BCUT2D eigenvalue weighted by atomic mass is 16.5. The summed E-state index contributed by atoms with van der Waals surface area (Å²) < 4.78 is 5.38. The van der Waals surface area contributed by atoms with E-state index in [0.29, 0.717) is 25.7 Å². The van der Waals surface area contributed by atoms with Crippen molar-refractivity contribution in [3.8, 4) is 0 Å². The van der Waals surface area contributed by atoms with Gasteiger partial charge in [0.05, 0.1) is 6.61 Å². The van der Waals surface area contributed by atoms with Gasteiger partial charge in [0.1, 0.15) is 0 Å². The summed E-state index contributed by atoms with van der Waals surface area (Å²) in [5.74, 6) is 4.35. The lowest BCUT2D eigenvalue weighted by atomic mass is 9.52. The largest absolute Gasteiger partial charge is 0.396 e. The SMILES string of the molecule is O=C(NCC1C2CC3CC(C2)CC1C3)NCC1(CO)CCOCC1. The second-order valence-corrected chi connectivity index (χ2v) is 8.93. The highest BCUT2D eigenvalue weighted by Gasteiger charge is 2.47. The van der Waals surface area contributed by atoms with Gasteiger partial charge in [0.2, 0.25) is 0 Å². The molecule has 0 unspecified atom stereocenters. The minimum absolute atomic E-state index is 0.0666. The normalized spacial score (nSPS) is 39.6. The summed E-state index contributed by atoms with van der Waals surface area (Å²) in [5, 5.41) is 15.8. The first-order chi connectivity index (χ1) is 11.7. The van der Waals surface area contributed by atoms with E-state index in [2.05, 4.69) is 10.6 Å². The first-order valence-corrected chi connectivity index (χ1v) is 9.88. The van der Waals surface area contributed by atoms with Crippen molar-refractivity contribution < 1.29 is 14.6 Å². The lowest BCUT2D eigenvalue weighted by Crippen LogP contribution is -2.51. The van der Waals surface area contributed by atoms with Crippen LogP contribution < -0.4 is 10.6 Å². The number of amides is 2. The lowest BCUT2D eigenvalue weighted by molar-refractivity contribution is -0.0345. The molecule has 1 aliphatic heterocycles. The highest BCUT2D eigenvalue weighted by molar-refractivity contribution is 5.73. The van der Waals surface area contributed by atoms with E-state index < -0.39 is 0 Å². The second-order valence-electron chi connectivity index (χ2n) is 8.93. The molecular weight excluding hydrogens is 304 g/mol. The summed E-state index contributed by atoms with van der Waals surface area (Å²) in [6.07, 6.45) is 8.70. The van der Waals surface area contributed by atoms with Crippen LogP contribution in [0.2, 0.25) is 0 Å². The van der Waals surface area contributed by atoms with Crippen molar-refractivity contribution >= 4 is 6.03 Å². The van der Waals surface area contributed by atoms with Crippen molar-refractivity contribution in [3.63, 3.8) is 0 Å². The Morgan fingerprint density at radius 1 is 1.00 bits per heavy atom. The van der Waals surface area contributed by atoms with E-state index in [1.807, 2.05) is 0 Å². The Morgan fingerprint density at radius 3 is 2.21 bits per heavy atom. The molecule has 0 aromatic heterocycles. The van der Waals surface area contributed by atoms with Gasteiger partial charge in [-0.15, -0.1) is 0 Å². The van der Waals surface area contributed by atoms with Gasteiger partial charge in [-0.1, -0.05) is 0 Å². The summed E-state index contributed by atoms with van der Waals surface area (Å²) in [5.41, 5.74) is -0.196. The third kappa shape index (κ3) is 3.30. The minimum Gasteiger partial charge on any atom is -0.396 e. The summed E-state index contributed by atoms with van der Waals surface area (Å²) >= 11 is 0. The number of nitrogens with one attached hydrogen (secondary N) is 2. The van der Waals surface area contributed by atoms with Crippen LogP contribution in [0.1, 0.15) is 44.9 Å². The maximum atomic E-state index is 12.2. The van der Waals surface area contributed by atoms with Gasteiger partial charge in [-0.3, -0.25) is 0 Å². The molecule has 1 saturated heterocycles. The molecule has 136 valence electrons. The molecule has 4 bridgehead atoms. The van der Waals surface area contributed by atoms with Gasteiger partial charge >= 0.3 is 6.03 Å². The maximum absolute atomic E-state index is 12.2. The fraction of sp³-hybridized carbons (Fsp3) is 0.947. The summed E-state index contributed by atoms with van der Waals surface area (Å²) in [6, 6.07) is -0.0666. The third-order valence-corrected chi connectivity index (χ3v) is 7.43. The van der Waals surface area contributed by atoms with E-state index in [9.17, 15) is 9.90 Å². The van der Waals surface area contributed by atoms with E-state index >= 15 is 0 Å². The number of aliphatic hydroxyl groups excluding tert-OH is 1. The van der Waals surface area contributed by atoms with Gasteiger partial charge < -0.3 is 20.5 Å². The predicted molar refractivity (Wildman–Crippen MR) is 91.5 cm³/mol. The molecule has 2 amide bonds. The summed E-state index contributed by atoms with van der Waals surface area (Å²) in [4.78, 5) is 12.2. The number of ether oxygens (including phenoxy) is 1. The van der Waals surface area contributed by atoms with Gasteiger partial charge in [0.25, 0.3) is 0 Å². The molecule has 0 aromatic rings. The number of carbonyl (C=O) groups excluding carboxylic acids is 1. The molecule has 5 rings (SSSR count). The Kier molecular flexibility index (Phi) is 4.74. The molecule has 3 N–H and O–H groups in total. The third-order valence-electron chi connectivity index (χ3n) is 7.43. The van der Waals surface area contributed by atoms with Crippen LogP contribution in [0.3, 0.4) is 0 Å². The predicted octanol–water partition coefficient (Wildman–Crippen LogP) is 2.15. The van der Waals surface area contributed by atoms with Crippen molar-refractivity contribution in [2.24, 2.45) is 35.0 Å². The molecule has 0 atom stereocenters. The number of hydrogen-bond donors (Lipinski definition) is 3. The van der Waals surface area contributed by atoms with Crippen LogP contribution in [-0.2, 0) is 4.74 Å². The zero-order chi connectivity index (χ0) is 16.6. The highest BCUT2D eigenvalue weighted by Crippen LogP contribution is 2.56. The van der Waals surface area contributed by atoms with E-state index in [0.717, 1.165) is 43.1 Å². The van der Waals surface area contributed by atoms with E-state index in [4.69, 9.17) is 4.74 Å². The zero-order valence-corrected chi connectivity index (χ0v) is 14.6. The molecule has 5 nitrogen and oxygen atoms in total. The number of rotatable bonds is 5. The Balaban J connectivity index is 1.23. The number of aliphatic hydroxyl groups is 1. The molecule has 1 heterocycles. The first-order valence-electron chi connectivity index (χ1n) is 9.88. The fourth-order valence-electron chi connectivity index (χ4n) is 6.11. The van der Waals surface area contributed by atoms with Crippen LogP contribution in [0, 0.1) is 35.0 Å². The van der Waals surface area contributed by atoms with Crippen LogP contribution in [0.5, 0.6) is 0 Å². The van der Waals surface area contributed by atoms with Crippen LogP contribution in [-0.4, -0.2) is 44.0 Å². The quantitative estimate of drug-likeness (QED) is 0.720. The molecule has 24 heavy (non-hydrogen) atoms. The fourth-order valence-corrected chi connectivity index (χ4v) is 6.11. The average molecular weight is 336 g/mol. The maximum Gasteiger partial charge on any atom is 0.314 e. The smallest absolute Gasteiger partial charge is 0.314 e. The topological polar surface area (TPSA) is 70.6 Å². The molecule has 0 aromatic carbocycles. The Morgan fingerprint density at radius 2 is 1.62 bits per heavy atom. The van der Waals surface area contributed by atoms with E-state index in [1.165, 1.54) is 32.1 Å². The van der Waals surface area contributed by atoms with E-state index in [-0.39, 0.29) is 18.1 Å². The van der Waals surface area contributed by atoms with Gasteiger partial charge in [0.15, 0.2) is 0 Å². The van der Waals surface area contributed by atoms with Crippen LogP contribution in [0.4, 0.5) is 4.79 Å². The molecule has 0 spiro atoms. The molecule has 4 aliphatic carbocycles. The van der Waals surface area contributed by atoms with Gasteiger partial charge in [-0.25, -0.2) is 4.79 Å². The number of carbonyl (C=O) groups is 1. The first kappa shape index (κ1) is 16.6. The Labute approximate surface area is 144 Å². The Hall–Kier alpha value is -0.810. The van der Waals surface area contributed by atoms with E-state index in [1.54, 1.807) is 0 Å². The van der Waals surface area contributed by atoms with Crippen LogP contribution in [0.15, 0.2) is 0 Å². The van der Waals surface area contributed by atoms with Crippen molar-refractivity contribution in [1.29, 1.82) is 0 Å². The number of hydrogen-bond acceptors (Lipinski definition) is 3. The van der Waals surface area contributed by atoms with Crippen molar-refractivity contribution in [2.75, 3.05) is 32.9 Å². The van der Waals surface area contributed by atoms with Crippen molar-refractivity contribution in [3.05, 3.63) is 0 Å². The van der Waals surface area contributed by atoms with Crippen molar-refractivity contribution in [1.82, 2.24) is 10.6 Å². The van der Waals surface area contributed by atoms with Crippen LogP contribution in [0.25, 0.3) is 0 Å². The minimum atomic E-state index is -0.196. The van der Waals surface area contributed by atoms with Gasteiger partial charge in [0, 0.05) is 31.7 Å². The second kappa shape index (κ2) is 6.83. The monoisotopic (exact) mass is 336 g/mol. The molecule has 5 heteroatoms. The molecule has 0 radical (unpaired) electrons. The zero-order valence-electron chi connectivity index (χ0n) is 14.6. The molecule has 5 aliphatic rings. The van der Waals surface area contributed by atoms with Gasteiger partial charge in [-0.2, -0.15) is 0 Å². The number of urea groups is 1. The lowest BCUT2D eigenvalue weighted by Gasteiger charge is -2.54. The summed E-state index contributed by atoms with van der Waals surface area (Å²) in [6.45, 7) is 2.84. The summed E-state index contributed by atoms with van der Waals surface area (Å²) in [7, 11) is 0. The van der Waals surface area contributed by atoms with Crippen molar-refractivity contribution in [2.45, 2.75) is 44.9 Å². The molecule has 4 saturated carbocycles. The standard InChI is InChI=1S/C19H32N2O3/c22-12-19(1-3-24-4-2-19)11-21-18(23)20-10-17-15-6-13-5-14(8-15)9-16(17)7-13/h13-17,22H,1-12H2,(H2,20,21,23). The van der Waals surface area contributed by atoms with Crippen LogP contribution >= 0.6 is 0 Å². The average Bonchev–Trinajstić information content (AvgIpc) is 2.59. The molecular formula is C19H32N2O3. The Bertz CT molecular complexity index is 434. The molecule has 5 fully saturated rings.